The normalized spacial score (nSPS) is 10.4. The van der Waals surface area contributed by atoms with Crippen LogP contribution in [0.5, 0.6) is 0 Å². The van der Waals surface area contributed by atoms with Crippen LogP contribution in [-0.2, 0) is 0 Å². The molecular weight excluding hydrogens is 130 g/mol. The Hall–Kier alpha value is -1.58. The van der Waals surface area contributed by atoms with E-state index in [1.807, 2.05) is 12.1 Å². The van der Waals surface area contributed by atoms with E-state index < -0.39 is 0 Å². The number of H-pyrrole nitrogens is 1. The molecule has 0 saturated heterocycles. The van der Waals surface area contributed by atoms with Crippen LogP contribution >= 0.6 is 0 Å². The molecule has 0 radical (unpaired) electrons. The van der Waals surface area contributed by atoms with Crippen molar-refractivity contribution in [2.45, 2.75) is 0 Å². The zero-order valence-corrected chi connectivity index (χ0v) is 5.11. The van der Waals surface area contributed by atoms with Crippen molar-refractivity contribution in [3.05, 3.63) is 24.2 Å². The number of carbonyl (C=O) groups excluding carboxylic acids is 1. The average molecular weight is 135 g/mol. The van der Waals surface area contributed by atoms with E-state index in [0.717, 1.165) is 5.65 Å². The zero-order valence-electron chi connectivity index (χ0n) is 5.11. The highest BCUT2D eigenvalue weighted by atomic mass is 16.1. The van der Waals surface area contributed by atoms with Gasteiger partial charge in [0.1, 0.15) is 5.65 Å². The van der Waals surface area contributed by atoms with Gasteiger partial charge in [-0.15, -0.1) is 0 Å². The number of nitrogens with zero attached hydrogens (tertiary/aromatic N) is 2. The van der Waals surface area contributed by atoms with Crippen LogP contribution in [0.1, 0.15) is 10.6 Å². The molecule has 0 aliphatic heterocycles. The maximum Gasteiger partial charge on any atom is 0.198 e. The van der Waals surface area contributed by atoms with Gasteiger partial charge in [0, 0.05) is 6.20 Å². The molecule has 0 aliphatic rings. The number of aromatic nitrogens is 3. The molecule has 2 heterocycles. The van der Waals surface area contributed by atoms with Crippen molar-refractivity contribution < 1.29 is 4.79 Å². The monoisotopic (exact) mass is 135 g/mol. The zero-order chi connectivity index (χ0) is 6.97. The molecular formula is C6H5N3O. The Morgan fingerprint density at radius 2 is 2.60 bits per heavy atom. The Kier molecular flexibility index (Phi) is 0.887. The Bertz CT molecular complexity index is 360. The molecule has 2 aromatic heterocycles. The maximum absolute atomic E-state index is 10.3. The molecule has 0 amide bonds. The van der Waals surface area contributed by atoms with E-state index in [-0.39, 0.29) is 0 Å². The molecule has 4 heteroatoms. The summed E-state index contributed by atoms with van der Waals surface area (Å²) in [5, 5.41) is 6.44. The fraction of sp³-hybridized carbons (Fsp3) is 0. The van der Waals surface area contributed by atoms with Gasteiger partial charge in [-0.1, -0.05) is 0 Å². The van der Waals surface area contributed by atoms with Crippen LogP contribution in [0.15, 0.2) is 18.3 Å². The average Bonchev–Trinajstić information content (AvgIpc) is 2.44. The Balaban J connectivity index is 2.88. The smallest absolute Gasteiger partial charge is 0.198 e. The summed E-state index contributed by atoms with van der Waals surface area (Å²) in [5.74, 6) is 0.403. The molecule has 2 rings (SSSR count). The summed E-state index contributed by atoms with van der Waals surface area (Å²) in [6, 6.07) is 3.69. The van der Waals surface area contributed by atoms with E-state index in [2.05, 4.69) is 10.2 Å². The van der Waals surface area contributed by atoms with Crippen molar-refractivity contribution in [1.29, 1.82) is 0 Å². The van der Waals surface area contributed by atoms with E-state index in [1.165, 1.54) is 0 Å². The third-order valence-electron chi connectivity index (χ3n) is 1.39. The van der Waals surface area contributed by atoms with Gasteiger partial charge in [-0.25, -0.2) is 0 Å². The summed E-state index contributed by atoms with van der Waals surface area (Å²) in [6.07, 6.45) is 2.49. The first-order valence-electron chi connectivity index (χ1n) is 2.88. The van der Waals surface area contributed by atoms with Gasteiger partial charge in [0.05, 0.1) is 0 Å². The molecule has 0 bridgehead atoms. The molecule has 50 valence electrons. The summed E-state index contributed by atoms with van der Waals surface area (Å²) in [7, 11) is 0. The minimum atomic E-state index is 0.403. The van der Waals surface area contributed by atoms with Gasteiger partial charge < -0.3 is 0 Å². The van der Waals surface area contributed by atoms with Crippen molar-refractivity contribution in [3.8, 4) is 0 Å². The van der Waals surface area contributed by atoms with Gasteiger partial charge in [0.2, 0.25) is 0 Å². The first-order chi connectivity index (χ1) is 4.92. The minimum Gasteiger partial charge on any atom is -0.294 e. The van der Waals surface area contributed by atoms with E-state index >= 15 is 0 Å². The summed E-state index contributed by atoms with van der Waals surface area (Å²) in [4.78, 5) is 10.3. The van der Waals surface area contributed by atoms with E-state index in [1.54, 1.807) is 10.6 Å². The molecule has 0 atom stereocenters. The molecule has 4 nitrogen and oxygen atoms in total. The molecule has 0 saturated carbocycles. The van der Waals surface area contributed by atoms with E-state index in [4.69, 9.17) is 0 Å². The second-order valence-electron chi connectivity index (χ2n) is 1.96. The quantitative estimate of drug-likeness (QED) is 0.578. The second kappa shape index (κ2) is 1.70. The number of fused-ring (bicyclic) bond motifs is 1. The summed E-state index contributed by atoms with van der Waals surface area (Å²) >= 11 is 0. The Morgan fingerprint density at radius 1 is 1.70 bits per heavy atom. The molecule has 0 aliphatic carbocycles. The van der Waals surface area contributed by atoms with Gasteiger partial charge in [-0.3, -0.25) is 14.3 Å². The predicted molar refractivity (Wildman–Crippen MR) is 34.9 cm³/mol. The van der Waals surface area contributed by atoms with Crippen LogP contribution in [0.2, 0.25) is 0 Å². The molecule has 0 spiro atoms. The molecule has 0 aromatic carbocycles. The Morgan fingerprint density at radius 3 is 3.40 bits per heavy atom. The summed E-state index contributed by atoms with van der Waals surface area (Å²) in [6.45, 7) is 0. The first kappa shape index (κ1) is 5.22. The lowest BCUT2D eigenvalue weighted by molar-refractivity contribution is 0.111. The van der Waals surface area contributed by atoms with E-state index in [9.17, 15) is 4.79 Å². The fourth-order valence-corrected chi connectivity index (χ4v) is 0.923. The minimum absolute atomic E-state index is 0.403. The lowest BCUT2D eigenvalue weighted by Gasteiger charge is -1.80. The van der Waals surface area contributed by atoms with Crippen LogP contribution in [0.25, 0.3) is 5.65 Å². The number of aromatic amines is 1. The van der Waals surface area contributed by atoms with Crippen molar-refractivity contribution >= 4 is 11.9 Å². The first-order valence-corrected chi connectivity index (χ1v) is 2.88. The highest BCUT2D eigenvalue weighted by molar-refractivity contribution is 5.70. The van der Waals surface area contributed by atoms with Crippen molar-refractivity contribution in [2.24, 2.45) is 0 Å². The van der Waals surface area contributed by atoms with Gasteiger partial charge in [-0.2, -0.15) is 5.10 Å². The standard InChI is InChI=1S/C6H5N3O/c10-4-6-8-7-5-2-1-3-9(5)6/h1-4,7H. The molecule has 10 heavy (non-hydrogen) atoms. The number of hydrogen-bond donors (Lipinski definition) is 1. The number of nitrogens with one attached hydrogen (secondary N) is 1. The predicted octanol–water partition coefficient (Wildman–Crippen LogP) is 0.475. The van der Waals surface area contributed by atoms with Crippen molar-refractivity contribution in [3.63, 3.8) is 0 Å². The van der Waals surface area contributed by atoms with Gasteiger partial charge in [0.15, 0.2) is 12.1 Å². The summed E-state index contributed by atoms with van der Waals surface area (Å²) in [5.41, 5.74) is 0.835. The van der Waals surface area contributed by atoms with Gasteiger partial charge >= 0.3 is 0 Å². The highest BCUT2D eigenvalue weighted by Gasteiger charge is 1.99. The number of aldehydes is 1. The van der Waals surface area contributed by atoms with Crippen LogP contribution in [0, 0.1) is 0 Å². The third kappa shape index (κ3) is 0.500. The third-order valence-corrected chi connectivity index (χ3v) is 1.39. The molecule has 1 N–H and O–H groups in total. The topological polar surface area (TPSA) is 50.2 Å². The van der Waals surface area contributed by atoms with Gasteiger partial charge in [0.25, 0.3) is 0 Å². The Labute approximate surface area is 56.5 Å². The molecule has 0 fully saturated rings. The van der Waals surface area contributed by atoms with Gasteiger partial charge in [-0.05, 0) is 12.1 Å². The SMILES string of the molecule is O=Cc1n[nH]c2cccn12. The second-order valence-corrected chi connectivity index (χ2v) is 1.96. The lowest BCUT2D eigenvalue weighted by Crippen LogP contribution is -1.87. The van der Waals surface area contributed by atoms with Crippen molar-refractivity contribution in [1.82, 2.24) is 14.6 Å². The van der Waals surface area contributed by atoms with Crippen LogP contribution in [0.3, 0.4) is 0 Å². The number of carbonyl (C=O) groups is 1. The maximum atomic E-state index is 10.3. The highest BCUT2D eigenvalue weighted by Crippen LogP contribution is 2.00. The van der Waals surface area contributed by atoms with Crippen LogP contribution in [0.4, 0.5) is 0 Å². The number of hydrogen-bond acceptors (Lipinski definition) is 2. The van der Waals surface area contributed by atoms with Crippen LogP contribution in [-0.4, -0.2) is 20.9 Å². The molecule has 2 aromatic rings. The van der Waals surface area contributed by atoms with Crippen molar-refractivity contribution in [2.75, 3.05) is 0 Å². The number of rotatable bonds is 1. The summed E-state index contributed by atoms with van der Waals surface area (Å²) < 4.78 is 1.69. The van der Waals surface area contributed by atoms with E-state index in [0.29, 0.717) is 12.1 Å². The molecule has 0 unspecified atom stereocenters. The van der Waals surface area contributed by atoms with Crippen LogP contribution < -0.4 is 0 Å². The lowest BCUT2D eigenvalue weighted by atomic mass is 10.7. The fourth-order valence-electron chi connectivity index (χ4n) is 0.923. The largest absolute Gasteiger partial charge is 0.294 e.